The minimum Gasteiger partial charge on any atom is -0.395 e. The summed E-state index contributed by atoms with van der Waals surface area (Å²) >= 11 is 0. The Labute approximate surface area is 208 Å². The van der Waals surface area contributed by atoms with Gasteiger partial charge < -0.3 is 10.0 Å². The third kappa shape index (κ3) is 5.67. The van der Waals surface area contributed by atoms with Crippen molar-refractivity contribution in [3.05, 3.63) is 56.1 Å². The zero-order valence-corrected chi connectivity index (χ0v) is 22.0. The number of anilines is 1. The van der Waals surface area contributed by atoms with Gasteiger partial charge in [0.15, 0.2) is 5.65 Å². The third-order valence-electron chi connectivity index (χ3n) is 6.77. The van der Waals surface area contributed by atoms with Crippen LogP contribution in [0.15, 0.2) is 28.0 Å². The highest BCUT2D eigenvalue weighted by Gasteiger charge is 2.21. The van der Waals surface area contributed by atoms with Gasteiger partial charge in [0.25, 0.3) is 5.56 Å². The van der Waals surface area contributed by atoms with Gasteiger partial charge in [-0.1, -0.05) is 46.6 Å². The van der Waals surface area contributed by atoms with Crippen molar-refractivity contribution in [2.24, 2.45) is 4.99 Å². The van der Waals surface area contributed by atoms with Gasteiger partial charge in [0.2, 0.25) is 0 Å². The van der Waals surface area contributed by atoms with Crippen LogP contribution in [-0.4, -0.2) is 39.4 Å². The number of hydrogen-bond acceptors (Lipinski definition) is 5. The second-order valence-corrected chi connectivity index (χ2v) is 9.26. The summed E-state index contributed by atoms with van der Waals surface area (Å²) in [4.78, 5) is 25.6. The van der Waals surface area contributed by atoms with Crippen LogP contribution in [0, 0.1) is 6.92 Å². The molecule has 190 valence electrons. The number of nitrogens with one attached hydrogen (secondary N) is 1. The molecular weight excluding hydrogens is 438 g/mol. The normalized spacial score (nSPS) is 13.0. The molecule has 0 bridgehead atoms. The summed E-state index contributed by atoms with van der Waals surface area (Å²) in [7, 11) is 0. The Bertz CT molecular complexity index is 1310. The van der Waals surface area contributed by atoms with Gasteiger partial charge >= 0.3 is 0 Å². The number of rotatable bonds is 12. The van der Waals surface area contributed by atoms with Crippen LogP contribution >= 0.6 is 0 Å². The van der Waals surface area contributed by atoms with Crippen LogP contribution in [0.5, 0.6) is 0 Å². The van der Waals surface area contributed by atoms with E-state index in [4.69, 9.17) is 9.98 Å². The molecule has 0 aliphatic carbocycles. The molecule has 35 heavy (non-hydrogen) atoms. The fraction of sp³-hybridized carbons (Fsp3) is 0.536. The molecular formula is C28H41N5O2. The summed E-state index contributed by atoms with van der Waals surface area (Å²) in [6, 6.07) is 6.08. The first-order valence-electron chi connectivity index (χ1n) is 13.1. The number of H-pyrrole nitrogens is 1. The van der Waals surface area contributed by atoms with E-state index in [1.807, 2.05) is 19.1 Å². The van der Waals surface area contributed by atoms with Crippen molar-refractivity contribution in [3.63, 3.8) is 0 Å². The van der Waals surface area contributed by atoms with Crippen molar-refractivity contribution in [2.75, 3.05) is 24.6 Å². The van der Waals surface area contributed by atoms with Gasteiger partial charge in [-0.25, -0.2) is 9.98 Å². The second kappa shape index (κ2) is 12.2. The summed E-state index contributed by atoms with van der Waals surface area (Å²) in [5, 5.41) is 13.7. The number of unbranched alkanes of at least 4 members (excludes halogenated alkanes) is 1. The van der Waals surface area contributed by atoms with Gasteiger partial charge in [-0.3, -0.25) is 9.89 Å². The first-order valence-corrected chi connectivity index (χ1v) is 13.1. The molecule has 0 aliphatic heterocycles. The Morgan fingerprint density at radius 3 is 2.60 bits per heavy atom. The van der Waals surface area contributed by atoms with Crippen LogP contribution in [0.1, 0.15) is 82.5 Å². The predicted octanol–water partition coefficient (Wildman–Crippen LogP) is 4.15. The Hall–Kier alpha value is -2.93. The first-order chi connectivity index (χ1) is 16.9. The highest BCUT2D eigenvalue weighted by Crippen LogP contribution is 2.27. The molecule has 0 radical (unpaired) electrons. The molecule has 7 nitrogen and oxygen atoms in total. The van der Waals surface area contributed by atoms with Gasteiger partial charge in [-0.05, 0) is 56.9 Å². The maximum Gasteiger partial charge on any atom is 0.276 e. The van der Waals surface area contributed by atoms with E-state index in [-0.39, 0.29) is 18.1 Å². The summed E-state index contributed by atoms with van der Waals surface area (Å²) in [5.74, 6) is 0.262. The maximum atomic E-state index is 13.5. The molecule has 1 unspecified atom stereocenters. The fourth-order valence-electron chi connectivity index (χ4n) is 4.76. The molecule has 0 saturated carbocycles. The lowest BCUT2D eigenvalue weighted by atomic mass is 9.91. The molecule has 0 fully saturated rings. The topological polar surface area (TPSA) is 86.0 Å². The Morgan fingerprint density at radius 2 is 2.00 bits per heavy atom. The van der Waals surface area contributed by atoms with Crippen molar-refractivity contribution in [2.45, 2.75) is 79.1 Å². The molecule has 0 aliphatic rings. The highest BCUT2D eigenvalue weighted by molar-refractivity contribution is 5.58. The van der Waals surface area contributed by atoms with E-state index in [0.717, 1.165) is 66.8 Å². The van der Waals surface area contributed by atoms with Crippen LogP contribution in [0.2, 0.25) is 0 Å². The fourth-order valence-corrected chi connectivity index (χ4v) is 4.76. The number of hydrogen-bond donors (Lipinski definition) is 2. The standard InChI is InChI=1S/C28H41N5O2/c1-7-11-13-21(9-3)26-23(12-8-2)28(35)33-27(30-26)25(20(6)31-33)29-24-15-14-22(18-19(24)5)32(10-4)16-17-34/h14-15,18,21,31,34H,6-13,16-17H2,1-5H3. The molecule has 1 aromatic carbocycles. The zero-order chi connectivity index (χ0) is 25.5. The molecule has 2 heterocycles. The van der Waals surface area contributed by atoms with Crippen LogP contribution in [0.3, 0.4) is 0 Å². The number of benzene rings is 1. The van der Waals surface area contributed by atoms with Crippen molar-refractivity contribution < 1.29 is 5.11 Å². The molecule has 3 rings (SSSR count). The SMILES string of the molecule is C=c1[nH]n2c(=O)c(CCC)c(C(CC)CCCC)nc2c1=Nc1ccc(N(CC)CCO)cc1C. The number of aliphatic hydroxyl groups is 1. The lowest BCUT2D eigenvalue weighted by Crippen LogP contribution is -2.26. The average Bonchev–Trinajstić information content (AvgIpc) is 3.16. The van der Waals surface area contributed by atoms with E-state index < -0.39 is 0 Å². The molecule has 0 saturated heterocycles. The van der Waals surface area contributed by atoms with E-state index in [0.29, 0.717) is 29.3 Å². The lowest BCUT2D eigenvalue weighted by molar-refractivity contribution is 0.302. The zero-order valence-electron chi connectivity index (χ0n) is 22.0. The minimum absolute atomic E-state index is 0.0391. The summed E-state index contributed by atoms with van der Waals surface area (Å²) < 4.78 is 1.52. The summed E-state index contributed by atoms with van der Waals surface area (Å²) in [6.07, 6.45) is 5.84. The highest BCUT2D eigenvalue weighted by atomic mass is 16.3. The summed E-state index contributed by atoms with van der Waals surface area (Å²) in [5.41, 5.74) is 5.12. The molecule has 3 aromatic rings. The smallest absolute Gasteiger partial charge is 0.276 e. The number of aryl methyl sites for hydroxylation is 1. The van der Waals surface area contributed by atoms with Crippen LogP contribution in [0.25, 0.3) is 12.2 Å². The third-order valence-corrected chi connectivity index (χ3v) is 6.77. The molecule has 2 N–H and O–H groups in total. The van der Waals surface area contributed by atoms with E-state index in [2.05, 4.69) is 50.3 Å². The molecule has 2 aromatic heterocycles. The van der Waals surface area contributed by atoms with Gasteiger partial charge in [-0.2, -0.15) is 4.52 Å². The Balaban J connectivity index is 2.20. The van der Waals surface area contributed by atoms with Gasteiger partial charge in [0.05, 0.1) is 23.3 Å². The van der Waals surface area contributed by atoms with Crippen LogP contribution < -0.4 is 21.2 Å². The van der Waals surface area contributed by atoms with Crippen molar-refractivity contribution in [1.82, 2.24) is 14.6 Å². The molecule has 0 amide bonds. The number of aliphatic hydroxyl groups excluding tert-OH is 1. The Morgan fingerprint density at radius 1 is 1.23 bits per heavy atom. The summed E-state index contributed by atoms with van der Waals surface area (Å²) in [6.45, 7) is 16.2. The number of likely N-dealkylation sites (N-methyl/N-ethyl adjacent to an activating group) is 1. The lowest BCUT2D eigenvalue weighted by Gasteiger charge is -2.22. The van der Waals surface area contributed by atoms with Crippen LogP contribution in [0.4, 0.5) is 11.4 Å². The number of fused-ring (bicyclic) bond motifs is 1. The van der Waals surface area contributed by atoms with E-state index in [1.165, 1.54) is 4.52 Å². The number of aromatic nitrogens is 3. The van der Waals surface area contributed by atoms with E-state index >= 15 is 0 Å². The quantitative estimate of drug-likeness (QED) is 0.409. The van der Waals surface area contributed by atoms with E-state index in [9.17, 15) is 9.90 Å². The molecule has 1 atom stereocenters. The monoisotopic (exact) mass is 479 g/mol. The largest absolute Gasteiger partial charge is 0.395 e. The van der Waals surface area contributed by atoms with Gasteiger partial charge in [0, 0.05) is 30.3 Å². The predicted molar refractivity (Wildman–Crippen MR) is 144 cm³/mol. The first kappa shape index (κ1) is 26.7. The average molecular weight is 480 g/mol. The minimum atomic E-state index is -0.0391. The molecule has 0 spiro atoms. The van der Waals surface area contributed by atoms with Gasteiger partial charge in [0.1, 0.15) is 5.36 Å². The Kier molecular flexibility index (Phi) is 9.26. The van der Waals surface area contributed by atoms with Crippen molar-refractivity contribution in [3.8, 4) is 0 Å². The van der Waals surface area contributed by atoms with Crippen molar-refractivity contribution >= 4 is 23.6 Å². The van der Waals surface area contributed by atoms with Crippen molar-refractivity contribution in [1.29, 1.82) is 0 Å². The van der Waals surface area contributed by atoms with Crippen LogP contribution in [-0.2, 0) is 6.42 Å². The number of nitrogens with zero attached hydrogens (tertiary/aromatic N) is 4. The van der Waals surface area contributed by atoms with Gasteiger partial charge in [-0.15, -0.1) is 0 Å². The maximum absolute atomic E-state index is 13.5. The molecule has 7 heteroatoms. The second-order valence-electron chi connectivity index (χ2n) is 9.26. The van der Waals surface area contributed by atoms with E-state index in [1.54, 1.807) is 0 Å². The number of aromatic amines is 1.